The predicted octanol–water partition coefficient (Wildman–Crippen LogP) is 11.3. The van der Waals surface area contributed by atoms with Crippen LogP contribution >= 0.6 is 0 Å². The van der Waals surface area contributed by atoms with Crippen LogP contribution in [0.4, 0.5) is 0 Å². The molecular weight excluding hydrogens is 628 g/mol. The molecule has 2 heterocycles. The lowest BCUT2D eigenvalue weighted by Gasteiger charge is -2.37. The molecule has 1 unspecified atom stereocenters. The van der Waals surface area contributed by atoms with E-state index in [1.165, 1.54) is 44.9 Å². The number of hydrogen-bond donors (Lipinski definition) is 0. The first-order chi connectivity index (χ1) is 24.1. The van der Waals surface area contributed by atoms with E-state index < -0.39 is 17.2 Å². The van der Waals surface area contributed by atoms with Gasteiger partial charge in [0.1, 0.15) is 22.8 Å². The summed E-state index contributed by atoms with van der Waals surface area (Å²) in [6.45, 7) is 12.4. The highest BCUT2D eigenvalue weighted by Gasteiger charge is 2.54. The molecule has 2 aliphatic heterocycles. The summed E-state index contributed by atoms with van der Waals surface area (Å²) in [5, 5.41) is 0. The number of hydrogen-bond acceptors (Lipinski definition) is 7. The summed E-state index contributed by atoms with van der Waals surface area (Å²) in [4.78, 5) is 38.2. The van der Waals surface area contributed by atoms with Crippen LogP contribution in [0.25, 0.3) is 0 Å². The minimum absolute atomic E-state index is 0.377. The molecule has 0 fully saturated rings. The second-order valence-electron chi connectivity index (χ2n) is 14.7. The van der Waals surface area contributed by atoms with E-state index in [9.17, 15) is 9.59 Å². The van der Waals surface area contributed by atoms with Crippen molar-refractivity contribution in [2.75, 3.05) is 6.61 Å². The van der Waals surface area contributed by atoms with Crippen molar-refractivity contribution >= 4 is 11.9 Å². The maximum absolute atomic E-state index is 13.7. The summed E-state index contributed by atoms with van der Waals surface area (Å²) in [6.07, 6.45) is 15.3. The first-order valence-corrected chi connectivity index (χ1v) is 19.0. The van der Waals surface area contributed by atoms with Crippen molar-refractivity contribution in [1.29, 1.82) is 0 Å². The normalized spacial score (nSPS) is 16.0. The van der Waals surface area contributed by atoms with E-state index in [2.05, 4.69) is 19.9 Å². The number of esters is 1. The predicted molar refractivity (Wildman–Crippen MR) is 196 cm³/mol. The molecule has 1 spiro atoms. The first-order valence-electron chi connectivity index (χ1n) is 19.0. The minimum atomic E-state index is -1.25. The molecule has 0 N–H and O–H groups in total. The van der Waals surface area contributed by atoms with Gasteiger partial charge >= 0.3 is 11.9 Å². The van der Waals surface area contributed by atoms with E-state index in [0.717, 1.165) is 66.5 Å². The van der Waals surface area contributed by atoms with Gasteiger partial charge in [0.15, 0.2) is 5.60 Å². The lowest BCUT2D eigenvalue weighted by atomic mass is 9.75. The maximum Gasteiger partial charge on any atom is 0.373 e. The van der Waals surface area contributed by atoms with Crippen LogP contribution in [-0.4, -0.2) is 24.1 Å². The molecule has 0 saturated heterocycles. The van der Waals surface area contributed by atoms with Crippen molar-refractivity contribution < 1.29 is 33.6 Å². The molecule has 0 radical (unpaired) electrons. The third kappa shape index (κ3) is 8.37. The molecule has 7 heteroatoms. The van der Waals surface area contributed by atoms with Crippen LogP contribution in [0.5, 0.6) is 17.2 Å². The van der Waals surface area contributed by atoms with Crippen LogP contribution in [0, 0.1) is 0 Å². The average Bonchev–Trinajstić information content (AvgIpc) is 3.39. The Bertz CT molecular complexity index is 1630. The van der Waals surface area contributed by atoms with Gasteiger partial charge in [-0.1, -0.05) is 96.3 Å². The molecular formula is C43H56O7. The molecule has 0 bridgehead atoms. The summed E-state index contributed by atoms with van der Waals surface area (Å²) >= 11 is 0. The Kier molecular flexibility index (Phi) is 12.7. The Hall–Kier alpha value is -3.84. The van der Waals surface area contributed by atoms with Crippen molar-refractivity contribution in [3.05, 3.63) is 87.5 Å². The lowest BCUT2D eigenvalue weighted by Crippen LogP contribution is -2.34. The van der Waals surface area contributed by atoms with Crippen LogP contribution in [0.15, 0.2) is 48.5 Å². The zero-order valence-electron chi connectivity index (χ0n) is 31.1. The summed E-state index contributed by atoms with van der Waals surface area (Å²) in [5.41, 5.74) is 3.09. The fourth-order valence-corrected chi connectivity index (χ4v) is 7.11. The highest BCUT2D eigenvalue weighted by molar-refractivity contribution is 5.97. The smallest absolute Gasteiger partial charge is 0.373 e. The van der Waals surface area contributed by atoms with Gasteiger partial charge in [-0.05, 0) is 88.8 Å². The molecule has 0 aliphatic carbocycles. The van der Waals surface area contributed by atoms with E-state index >= 15 is 0 Å². The van der Waals surface area contributed by atoms with Crippen LogP contribution in [0.2, 0.25) is 0 Å². The summed E-state index contributed by atoms with van der Waals surface area (Å²) in [6, 6.07) is 15.4. The van der Waals surface area contributed by atoms with E-state index in [4.69, 9.17) is 24.0 Å². The molecule has 7 nitrogen and oxygen atoms in total. The second-order valence-corrected chi connectivity index (χ2v) is 14.7. The summed E-state index contributed by atoms with van der Waals surface area (Å²) in [5.74, 6) is 0.757. The molecule has 0 saturated carbocycles. The number of ether oxygens (including phenoxy) is 3. The van der Waals surface area contributed by atoms with Crippen molar-refractivity contribution in [3.8, 4) is 17.2 Å². The van der Waals surface area contributed by atoms with Gasteiger partial charge in [-0.15, -0.1) is 0 Å². The van der Waals surface area contributed by atoms with Gasteiger partial charge < -0.3 is 14.2 Å². The van der Waals surface area contributed by atoms with Gasteiger partial charge in [-0.25, -0.2) is 9.59 Å². The van der Waals surface area contributed by atoms with Gasteiger partial charge in [0.2, 0.25) is 0 Å². The Balaban J connectivity index is 1.62. The minimum Gasteiger partial charge on any atom is -0.493 e. The van der Waals surface area contributed by atoms with Gasteiger partial charge in [0.25, 0.3) is 0 Å². The van der Waals surface area contributed by atoms with Crippen molar-refractivity contribution in [2.24, 2.45) is 0 Å². The lowest BCUT2D eigenvalue weighted by molar-refractivity contribution is -0.301. The van der Waals surface area contributed by atoms with Gasteiger partial charge in [-0.3, -0.25) is 4.89 Å². The number of carbonyl (C=O) groups is 2. The molecule has 0 amide bonds. The van der Waals surface area contributed by atoms with Crippen LogP contribution in [0.1, 0.15) is 167 Å². The molecule has 1 atom stereocenters. The number of aryl methyl sites for hydroxylation is 2. The SMILES string of the molecule is CCCCCCCCc1cc2c(cc1OCC)Oc1cc(C(=O)OOC(C)(C)C)c(CCCCCCCC)cc1C21OC(=O)c2ccccc21. The molecule has 270 valence electrons. The maximum atomic E-state index is 13.7. The fraction of sp³-hybridized carbons (Fsp3) is 0.535. The quantitative estimate of drug-likeness (QED) is 0.0571. The monoisotopic (exact) mass is 684 g/mol. The third-order valence-corrected chi connectivity index (χ3v) is 9.61. The Labute approximate surface area is 298 Å². The molecule has 3 aromatic carbocycles. The third-order valence-electron chi connectivity index (χ3n) is 9.61. The van der Waals surface area contributed by atoms with E-state index in [1.54, 1.807) is 6.07 Å². The Morgan fingerprint density at radius 3 is 1.94 bits per heavy atom. The van der Waals surface area contributed by atoms with Crippen LogP contribution in [0.3, 0.4) is 0 Å². The fourth-order valence-electron chi connectivity index (χ4n) is 7.11. The number of fused-ring (bicyclic) bond motifs is 6. The van der Waals surface area contributed by atoms with Crippen LogP contribution in [-0.2, 0) is 33.0 Å². The van der Waals surface area contributed by atoms with Gasteiger partial charge in [0, 0.05) is 22.8 Å². The van der Waals surface area contributed by atoms with E-state index in [0.29, 0.717) is 41.2 Å². The average molecular weight is 685 g/mol. The number of unbranched alkanes of at least 4 members (excludes halogenated alkanes) is 10. The topological polar surface area (TPSA) is 80.3 Å². The van der Waals surface area contributed by atoms with E-state index in [-0.39, 0.29) is 5.97 Å². The van der Waals surface area contributed by atoms with Gasteiger partial charge in [-0.2, -0.15) is 4.89 Å². The molecule has 2 aliphatic rings. The number of benzene rings is 3. The zero-order valence-corrected chi connectivity index (χ0v) is 31.1. The highest BCUT2D eigenvalue weighted by Crippen LogP contribution is 2.57. The molecule has 5 rings (SSSR count). The zero-order chi connectivity index (χ0) is 35.7. The summed E-state index contributed by atoms with van der Waals surface area (Å²) in [7, 11) is 0. The standard InChI is InChI=1S/C43H56O7/c1-7-10-12-14-16-18-22-30-26-35-38(28-33(30)41(45)49-50-42(4,5)6)47-39-29-37(46-9-3)31(23-19-17-15-13-11-8-2)27-36(39)43(35)34-25-21-20-24-32(34)40(44)48-43/h20-21,24-29H,7-19,22-23H2,1-6H3. The Morgan fingerprint density at radius 1 is 0.720 bits per heavy atom. The first kappa shape index (κ1) is 37.4. The molecule has 0 aromatic heterocycles. The molecule has 50 heavy (non-hydrogen) atoms. The molecule has 3 aromatic rings. The van der Waals surface area contributed by atoms with Crippen LogP contribution < -0.4 is 9.47 Å². The summed E-state index contributed by atoms with van der Waals surface area (Å²) < 4.78 is 19.4. The van der Waals surface area contributed by atoms with Crippen molar-refractivity contribution in [3.63, 3.8) is 0 Å². The van der Waals surface area contributed by atoms with Crippen molar-refractivity contribution in [1.82, 2.24) is 0 Å². The number of rotatable bonds is 18. The second kappa shape index (κ2) is 16.9. The van der Waals surface area contributed by atoms with Crippen molar-refractivity contribution in [2.45, 2.75) is 143 Å². The van der Waals surface area contributed by atoms with E-state index in [1.807, 2.05) is 64.1 Å². The van der Waals surface area contributed by atoms with Gasteiger partial charge in [0.05, 0.1) is 17.7 Å². The highest BCUT2D eigenvalue weighted by atomic mass is 17.2. The largest absolute Gasteiger partial charge is 0.493 e. The Morgan fingerprint density at radius 2 is 1.30 bits per heavy atom. The number of carbonyl (C=O) groups excluding carboxylic acids is 2.